The molecular weight excluding hydrogens is 450 g/mol. The highest BCUT2D eigenvalue weighted by Gasteiger charge is 2.38. The molecule has 2 aromatic rings. The highest BCUT2D eigenvalue weighted by molar-refractivity contribution is 7.15. The van der Waals surface area contributed by atoms with Gasteiger partial charge in [-0.3, -0.25) is 19.3 Å². The number of hydrogen-bond acceptors (Lipinski definition) is 7. The average molecular weight is 482 g/mol. The molecule has 3 amide bonds. The van der Waals surface area contributed by atoms with Crippen LogP contribution in [0.1, 0.15) is 94.4 Å². The zero-order valence-corrected chi connectivity index (χ0v) is 20.6. The lowest BCUT2D eigenvalue weighted by molar-refractivity contribution is 0.0593. The number of piperazine rings is 1. The Bertz CT molecular complexity index is 1100. The van der Waals surface area contributed by atoms with Gasteiger partial charge in [-0.2, -0.15) is 0 Å². The second kappa shape index (κ2) is 9.44. The van der Waals surface area contributed by atoms with Gasteiger partial charge in [-0.15, -0.1) is 10.2 Å². The average Bonchev–Trinajstić information content (AvgIpc) is 3.47. The third-order valence-electron chi connectivity index (χ3n) is 7.42. The van der Waals surface area contributed by atoms with Crippen molar-refractivity contribution in [2.45, 2.75) is 64.3 Å². The maximum absolute atomic E-state index is 13.2. The van der Waals surface area contributed by atoms with Gasteiger partial charge >= 0.3 is 0 Å². The molecule has 0 spiro atoms. The van der Waals surface area contributed by atoms with Gasteiger partial charge in [0.2, 0.25) is 5.13 Å². The van der Waals surface area contributed by atoms with E-state index in [0.717, 1.165) is 10.1 Å². The predicted molar refractivity (Wildman–Crippen MR) is 131 cm³/mol. The molecule has 0 bridgehead atoms. The van der Waals surface area contributed by atoms with E-state index in [1.54, 1.807) is 29.5 Å². The Morgan fingerprint density at radius 3 is 2.44 bits per heavy atom. The van der Waals surface area contributed by atoms with Gasteiger partial charge < -0.3 is 9.80 Å². The van der Waals surface area contributed by atoms with Crippen LogP contribution in [-0.4, -0.2) is 69.9 Å². The van der Waals surface area contributed by atoms with Crippen molar-refractivity contribution in [3.05, 3.63) is 39.9 Å². The van der Waals surface area contributed by atoms with E-state index in [2.05, 4.69) is 15.1 Å². The zero-order valence-electron chi connectivity index (χ0n) is 19.8. The van der Waals surface area contributed by atoms with Gasteiger partial charge in [0.05, 0.1) is 11.1 Å². The molecule has 180 valence electrons. The van der Waals surface area contributed by atoms with Crippen LogP contribution < -0.4 is 4.90 Å². The summed E-state index contributed by atoms with van der Waals surface area (Å²) in [6.45, 7) is 6.38. The lowest BCUT2D eigenvalue weighted by atomic mass is 9.90. The van der Waals surface area contributed by atoms with E-state index in [0.29, 0.717) is 55.2 Å². The van der Waals surface area contributed by atoms with Gasteiger partial charge in [-0.05, 0) is 44.4 Å². The highest BCUT2D eigenvalue weighted by Crippen LogP contribution is 2.36. The predicted octanol–water partition coefficient (Wildman–Crippen LogP) is 3.94. The van der Waals surface area contributed by atoms with E-state index in [1.807, 2.05) is 18.7 Å². The summed E-state index contributed by atoms with van der Waals surface area (Å²) in [4.78, 5) is 44.0. The van der Waals surface area contributed by atoms with Crippen LogP contribution in [-0.2, 0) is 0 Å². The van der Waals surface area contributed by atoms with Crippen LogP contribution in [0.2, 0.25) is 0 Å². The minimum atomic E-state index is -0.307. The summed E-state index contributed by atoms with van der Waals surface area (Å²) in [6.07, 6.45) is 6.99. The minimum Gasteiger partial charge on any atom is -0.343 e. The molecule has 9 heteroatoms. The van der Waals surface area contributed by atoms with E-state index in [1.165, 1.54) is 37.0 Å². The normalized spacial score (nSPS) is 20.1. The maximum atomic E-state index is 13.2. The van der Waals surface area contributed by atoms with E-state index in [9.17, 15) is 14.4 Å². The first-order chi connectivity index (χ1) is 16.5. The number of fused-ring (bicyclic) bond motifs is 1. The molecule has 1 saturated carbocycles. The van der Waals surface area contributed by atoms with Crippen molar-refractivity contribution in [3.63, 3.8) is 0 Å². The Balaban J connectivity index is 1.23. The number of carbonyl (C=O) groups excluding carboxylic acids is 3. The largest absolute Gasteiger partial charge is 0.343 e. The second-order valence-corrected chi connectivity index (χ2v) is 10.5. The summed E-state index contributed by atoms with van der Waals surface area (Å²) in [5.74, 6) is -0.135. The first-order valence-corrected chi connectivity index (χ1v) is 13.2. The number of aromatic nitrogens is 2. The molecule has 1 saturated heterocycles. The maximum Gasteiger partial charge on any atom is 0.261 e. The molecular formula is C25H31N5O3S. The number of nitrogens with zero attached hydrogens (tertiary/aromatic N) is 5. The monoisotopic (exact) mass is 481 g/mol. The summed E-state index contributed by atoms with van der Waals surface area (Å²) >= 11 is 1.70. The van der Waals surface area contributed by atoms with E-state index in [4.69, 9.17) is 0 Å². The quantitative estimate of drug-likeness (QED) is 0.601. The summed E-state index contributed by atoms with van der Waals surface area (Å²) in [5, 5.41) is 11.0. The van der Waals surface area contributed by atoms with E-state index in [-0.39, 0.29) is 23.8 Å². The number of carbonyl (C=O) groups is 3. The summed E-state index contributed by atoms with van der Waals surface area (Å²) in [7, 11) is 0. The molecule has 34 heavy (non-hydrogen) atoms. The number of imide groups is 1. The van der Waals surface area contributed by atoms with Crippen LogP contribution in [0.15, 0.2) is 18.2 Å². The van der Waals surface area contributed by atoms with Crippen LogP contribution in [0.5, 0.6) is 0 Å². The van der Waals surface area contributed by atoms with Crippen LogP contribution in [0.4, 0.5) is 5.13 Å². The summed E-state index contributed by atoms with van der Waals surface area (Å²) < 4.78 is 0. The third kappa shape index (κ3) is 4.10. The van der Waals surface area contributed by atoms with Crippen LogP contribution in [0.25, 0.3) is 0 Å². The molecule has 1 aliphatic carbocycles. The van der Waals surface area contributed by atoms with Gasteiger partial charge in [0.1, 0.15) is 5.01 Å². The Morgan fingerprint density at radius 2 is 1.74 bits per heavy atom. The van der Waals surface area contributed by atoms with Crippen molar-refractivity contribution in [1.82, 2.24) is 20.0 Å². The number of rotatable bonds is 5. The lowest BCUT2D eigenvalue weighted by Gasteiger charge is -2.34. The van der Waals surface area contributed by atoms with Crippen molar-refractivity contribution < 1.29 is 14.4 Å². The Kier molecular flexibility index (Phi) is 6.38. The van der Waals surface area contributed by atoms with Crippen molar-refractivity contribution in [2.24, 2.45) is 0 Å². The van der Waals surface area contributed by atoms with E-state index < -0.39 is 0 Å². The van der Waals surface area contributed by atoms with Crippen LogP contribution in [0, 0.1) is 0 Å². The Labute approximate surface area is 203 Å². The van der Waals surface area contributed by atoms with Gasteiger partial charge in [0, 0.05) is 43.7 Å². The molecule has 1 aromatic carbocycles. The smallest absolute Gasteiger partial charge is 0.261 e. The standard InChI is InChI=1S/C25H31N5O3S/c1-3-16(2)30-23(32)19-10-9-18(15-20(19)24(30)33)22(31)28-11-13-29(14-12-28)25-27-26-21(34-25)17-7-5-4-6-8-17/h9-10,15-17H,3-8,11-14H2,1-2H3. The molecule has 0 N–H and O–H groups in total. The van der Waals surface area contributed by atoms with Gasteiger partial charge in [0.15, 0.2) is 0 Å². The van der Waals surface area contributed by atoms with Crippen molar-refractivity contribution >= 4 is 34.2 Å². The first kappa shape index (κ1) is 23.0. The summed E-state index contributed by atoms with van der Waals surface area (Å²) in [5.41, 5.74) is 1.17. The Hall–Kier alpha value is -2.81. The topological polar surface area (TPSA) is 86.7 Å². The first-order valence-electron chi connectivity index (χ1n) is 12.4. The fourth-order valence-electron chi connectivity index (χ4n) is 5.13. The second-order valence-electron chi connectivity index (χ2n) is 9.53. The van der Waals surface area contributed by atoms with Gasteiger partial charge in [-0.1, -0.05) is 37.5 Å². The molecule has 3 aliphatic rings. The molecule has 1 unspecified atom stereocenters. The molecule has 3 heterocycles. The molecule has 8 nitrogen and oxygen atoms in total. The number of amides is 3. The SMILES string of the molecule is CCC(C)N1C(=O)c2ccc(C(=O)N3CCN(c4nnc(C5CCCCC5)s4)CC3)cc2C1=O. The molecule has 0 radical (unpaired) electrons. The van der Waals surface area contributed by atoms with Gasteiger partial charge in [-0.25, -0.2) is 0 Å². The fourth-order valence-corrected chi connectivity index (χ4v) is 6.19. The van der Waals surface area contributed by atoms with Crippen LogP contribution >= 0.6 is 11.3 Å². The number of hydrogen-bond donors (Lipinski definition) is 0. The summed E-state index contributed by atoms with van der Waals surface area (Å²) in [6, 6.07) is 4.71. The van der Waals surface area contributed by atoms with E-state index >= 15 is 0 Å². The molecule has 5 rings (SSSR count). The molecule has 1 aromatic heterocycles. The third-order valence-corrected chi connectivity index (χ3v) is 8.56. The lowest BCUT2D eigenvalue weighted by Crippen LogP contribution is -2.48. The zero-order chi connectivity index (χ0) is 23.8. The Morgan fingerprint density at radius 1 is 1.03 bits per heavy atom. The van der Waals surface area contributed by atoms with Crippen molar-refractivity contribution in [2.75, 3.05) is 31.1 Å². The molecule has 1 atom stereocenters. The van der Waals surface area contributed by atoms with Crippen LogP contribution in [0.3, 0.4) is 0 Å². The molecule has 2 aliphatic heterocycles. The fraction of sp³-hybridized carbons (Fsp3) is 0.560. The van der Waals surface area contributed by atoms with Crippen molar-refractivity contribution in [1.29, 1.82) is 0 Å². The highest BCUT2D eigenvalue weighted by atomic mass is 32.1. The van der Waals surface area contributed by atoms with Crippen molar-refractivity contribution in [3.8, 4) is 0 Å². The molecule has 2 fully saturated rings. The number of anilines is 1. The number of benzene rings is 1. The van der Waals surface area contributed by atoms with Gasteiger partial charge in [0.25, 0.3) is 17.7 Å². The minimum absolute atomic E-state index is 0.107.